The van der Waals surface area contributed by atoms with Gasteiger partial charge in [-0.25, -0.2) is 0 Å². The van der Waals surface area contributed by atoms with Crippen molar-refractivity contribution in [3.63, 3.8) is 0 Å². The fourth-order valence-electron chi connectivity index (χ4n) is 3.22. The lowest BCUT2D eigenvalue weighted by molar-refractivity contribution is -0.116. The van der Waals surface area contributed by atoms with Gasteiger partial charge >= 0.3 is 0 Å². The lowest BCUT2D eigenvalue weighted by Crippen LogP contribution is -2.27. The van der Waals surface area contributed by atoms with Crippen LogP contribution in [0.3, 0.4) is 0 Å². The Morgan fingerprint density at radius 2 is 1.83 bits per heavy atom. The number of nitrogens with one attached hydrogen (secondary N) is 1. The molecule has 1 saturated carbocycles. The number of nitrogens with zero attached hydrogens (tertiary/aromatic N) is 4. The number of thioether (sulfide) groups is 1. The van der Waals surface area contributed by atoms with E-state index in [1.807, 2.05) is 24.3 Å². The summed E-state index contributed by atoms with van der Waals surface area (Å²) < 4.78 is 1.59. The fraction of sp³-hybridized carbons (Fsp3) is 0.364. The zero-order chi connectivity index (χ0) is 20.4. The highest BCUT2D eigenvalue weighted by molar-refractivity contribution is 8.01. The Balaban J connectivity index is 1.50. The molecule has 7 heteroatoms. The molecule has 1 fully saturated rings. The summed E-state index contributed by atoms with van der Waals surface area (Å²) in [6.45, 7) is 7.12. The molecule has 0 saturated heterocycles. The first kappa shape index (κ1) is 19.6. The molecular formula is C22H25N5OS. The van der Waals surface area contributed by atoms with Crippen LogP contribution in [0.4, 0.5) is 5.69 Å². The van der Waals surface area contributed by atoms with Gasteiger partial charge in [0.05, 0.1) is 0 Å². The predicted molar refractivity (Wildman–Crippen MR) is 116 cm³/mol. The highest BCUT2D eigenvalue weighted by Crippen LogP contribution is 2.52. The molecule has 2 aromatic heterocycles. The molecule has 0 atom stereocenters. The zero-order valence-corrected chi connectivity index (χ0v) is 17.7. The van der Waals surface area contributed by atoms with Gasteiger partial charge in [0.2, 0.25) is 5.91 Å². The molecule has 1 aliphatic rings. The minimum Gasteiger partial charge on any atom is -0.325 e. The summed E-state index contributed by atoms with van der Waals surface area (Å²) >= 11 is 1.52. The Morgan fingerprint density at radius 1 is 1.14 bits per heavy atom. The number of benzene rings is 1. The van der Waals surface area contributed by atoms with Crippen molar-refractivity contribution in [2.75, 3.05) is 5.32 Å². The molecule has 1 N–H and O–H groups in total. The van der Waals surface area contributed by atoms with E-state index >= 15 is 0 Å². The van der Waals surface area contributed by atoms with E-state index in [-0.39, 0.29) is 5.91 Å². The molecule has 3 aromatic rings. The molecule has 29 heavy (non-hydrogen) atoms. The van der Waals surface area contributed by atoms with Crippen LogP contribution in [0.1, 0.15) is 45.1 Å². The van der Waals surface area contributed by atoms with Crippen molar-refractivity contribution in [3.05, 3.63) is 54.4 Å². The summed E-state index contributed by atoms with van der Waals surface area (Å²) in [5, 5.41) is 12.6. The van der Waals surface area contributed by atoms with E-state index in [1.165, 1.54) is 17.3 Å². The molecule has 0 unspecified atom stereocenters. The first-order valence-electron chi connectivity index (χ1n) is 9.96. The Morgan fingerprint density at radius 3 is 2.41 bits per heavy atom. The average Bonchev–Trinajstić information content (AvgIpc) is 3.41. The van der Waals surface area contributed by atoms with Crippen LogP contribution in [0.15, 0.2) is 53.9 Å². The standard InChI is InChI=1S/C22H25N5OS/c1-4-27-19(17-9-13-23-14-10-17)25-26-21(27)29-22(11-12-22)20(28)24-18-7-5-16(6-8-18)15(2)3/h5-10,13-15H,4,11-12H2,1-3H3,(H,24,28). The largest absolute Gasteiger partial charge is 0.325 e. The van der Waals surface area contributed by atoms with Crippen molar-refractivity contribution in [1.82, 2.24) is 19.7 Å². The molecule has 1 aliphatic carbocycles. The molecule has 0 aliphatic heterocycles. The summed E-state index contributed by atoms with van der Waals surface area (Å²) in [5.74, 6) is 1.31. The minimum absolute atomic E-state index is 0.0379. The molecule has 1 aromatic carbocycles. The van der Waals surface area contributed by atoms with Crippen molar-refractivity contribution >= 4 is 23.4 Å². The van der Waals surface area contributed by atoms with Gasteiger partial charge in [-0.05, 0) is 55.5 Å². The number of hydrogen-bond donors (Lipinski definition) is 1. The Kier molecular flexibility index (Phi) is 5.41. The highest BCUT2D eigenvalue weighted by atomic mass is 32.2. The summed E-state index contributed by atoms with van der Waals surface area (Å²) in [7, 11) is 0. The van der Waals surface area contributed by atoms with Crippen LogP contribution >= 0.6 is 11.8 Å². The zero-order valence-electron chi connectivity index (χ0n) is 16.9. The third-order valence-corrected chi connectivity index (χ3v) is 6.68. The molecule has 6 nitrogen and oxygen atoms in total. The van der Waals surface area contributed by atoms with Crippen LogP contribution in [0.25, 0.3) is 11.4 Å². The number of amides is 1. The van der Waals surface area contributed by atoms with E-state index in [9.17, 15) is 4.79 Å². The second kappa shape index (κ2) is 7.99. The van der Waals surface area contributed by atoms with Gasteiger partial charge in [-0.1, -0.05) is 37.7 Å². The van der Waals surface area contributed by atoms with Crippen molar-refractivity contribution in [1.29, 1.82) is 0 Å². The maximum absolute atomic E-state index is 13.0. The smallest absolute Gasteiger partial charge is 0.241 e. The molecular weight excluding hydrogens is 382 g/mol. The van der Waals surface area contributed by atoms with Crippen molar-refractivity contribution < 1.29 is 4.79 Å². The Bertz CT molecular complexity index is 994. The Labute approximate surface area is 175 Å². The van der Waals surface area contributed by atoms with Crippen LogP contribution in [-0.2, 0) is 11.3 Å². The van der Waals surface area contributed by atoms with Gasteiger partial charge in [-0.2, -0.15) is 0 Å². The van der Waals surface area contributed by atoms with E-state index in [1.54, 1.807) is 12.4 Å². The lowest BCUT2D eigenvalue weighted by Gasteiger charge is -2.16. The number of pyridine rings is 1. The van der Waals surface area contributed by atoms with Crippen LogP contribution in [0.2, 0.25) is 0 Å². The first-order valence-corrected chi connectivity index (χ1v) is 10.8. The molecule has 0 radical (unpaired) electrons. The SMILES string of the molecule is CCn1c(SC2(C(=O)Nc3ccc(C(C)C)cc3)CC2)nnc1-c1ccncc1. The molecule has 1 amide bonds. The van der Waals surface area contributed by atoms with Gasteiger partial charge in [0.25, 0.3) is 0 Å². The third-order valence-electron chi connectivity index (χ3n) is 5.21. The fourth-order valence-corrected chi connectivity index (χ4v) is 4.43. The van der Waals surface area contributed by atoms with Gasteiger partial charge < -0.3 is 9.88 Å². The molecule has 150 valence electrons. The maximum Gasteiger partial charge on any atom is 0.241 e. The van der Waals surface area contributed by atoms with E-state index in [2.05, 4.69) is 58.0 Å². The average molecular weight is 408 g/mol. The summed E-state index contributed by atoms with van der Waals surface area (Å²) in [6.07, 6.45) is 5.18. The van der Waals surface area contributed by atoms with E-state index in [0.717, 1.165) is 41.6 Å². The quantitative estimate of drug-likeness (QED) is 0.612. The monoisotopic (exact) mass is 407 g/mol. The predicted octanol–water partition coefficient (Wildman–Crippen LogP) is 4.75. The molecule has 0 bridgehead atoms. The number of carbonyl (C=O) groups excluding carboxylic acids is 1. The number of carbonyl (C=O) groups is 1. The van der Waals surface area contributed by atoms with Gasteiger partial charge in [0.15, 0.2) is 11.0 Å². The summed E-state index contributed by atoms with van der Waals surface area (Å²) in [6, 6.07) is 11.9. The second-order valence-corrected chi connectivity index (χ2v) is 8.96. The lowest BCUT2D eigenvalue weighted by atomic mass is 10.0. The summed E-state index contributed by atoms with van der Waals surface area (Å²) in [4.78, 5) is 17.1. The van der Waals surface area contributed by atoms with Crippen LogP contribution < -0.4 is 5.32 Å². The van der Waals surface area contributed by atoms with Crippen LogP contribution in [0, 0.1) is 0 Å². The van der Waals surface area contributed by atoms with Gasteiger partial charge in [0, 0.05) is 30.2 Å². The molecule has 4 rings (SSSR count). The van der Waals surface area contributed by atoms with Gasteiger partial charge in [-0.3, -0.25) is 9.78 Å². The minimum atomic E-state index is -0.466. The topological polar surface area (TPSA) is 72.7 Å². The van der Waals surface area contributed by atoms with E-state index < -0.39 is 4.75 Å². The van der Waals surface area contributed by atoms with E-state index in [0.29, 0.717) is 5.92 Å². The number of hydrogen-bond acceptors (Lipinski definition) is 5. The van der Waals surface area contributed by atoms with E-state index in [4.69, 9.17) is 0 Å². The highest BCUT2D eigenvalue weighted by Gasteiger charge is 2.52. The summed E-state index contributed by atoms with van der Waals surface area (Å²) in [5.41, 5.74) is 3.07. The van der Waals surface area contributed by atoms with Crippen molar-refractivity contribution in [3.8, 4) is 11.4 Å². The second-order valence-electron chi connectivity index (χ2n) is 7.61. The van der Waals surface area contributed by atoms with Crippen molar-refractivity contribution in [2.45, 2.75) is 56.0 Å². The Hall–Kier alpha value is -2.67. The van der Waals surface area contributed by atoms with Gasteiger partial charge in [-0.15, -0.1) is 10.2 Å². The normalized spacial score (nSPS) is 14.8. The van der Waals surface area contributed by atoms with Crippen LogP contribution in [-0.4, -0.2) is 30.4 Å². The third kappa shape index (κ3) is 4.05. The van der Waals surface area contributed by atoms with Crippen LogP contribution in [0.5, 0.6) is 0 Å². The number of anilines is 1. The van der Waals surface area contributed by atoms with Crippen molar-refractivity contribution in [2.24, 2.45) is 0 Å². The number of aromatic nitrogens is 4. The molecule has 2 heterocycles. The first-order chi connectivity index (χ1) is 14.0. The number of rotatable bonds is 7. The molecule has 0 spiro atoms. The van der Waals surface area contributed by atoms with Gasteiger partial charge in [0.1, 0.15) is 4.75 Å². The maximum atomic E-state index is 13.0.